The summed E-state index contributed by atoms with van der Waals surface area (Å²) in [4.78, 5) is 1.35. The first-order valence-corrected chi connectivity index (χ1v) is 6.66. The highest BCUT2D eigenvalue weighted by molar-refractivity contribution is 7.10. The zero-order chi connectivity index (χ0) is 11.1. The van der Waals surface area contributed by atoms with E-state index in [0.29, 0.717) is 12.6 Å². The van der Waals surface area contributed by atoms with E-state index < -0.39 is 0 Å². The van der Waals surface area contributed by atoms with Gasteiger partial charge < -0.3 is 11.1 Å². The molecule has 1 atom stereocenters. The van der Waals surface area contributed by atoms with Crippen molar-refractivity contribution in [1.29, 1.82) is 0 Å². The molecule has 1 rings (SSSR count). The third-order valence-corrected chi connectivity index (χ3v) is 3.92. The van der Waals surface area contributed by atoms with Gasteiger partial charge in [-0.2, -0.15) is 0 Å². The lowest BCUT2D eigenvalue weighted by molar-refractivity contribution is 0.416. The Morgan fingerprint density at radius 1 is 1.40 bits per heavy atom. The van der Waals surface area contributed by atoms with Crippen molar-refractivity contribution in [2.24, 2.45) is 11.7 Å². The van der Waals surface area contributed by atoms with E-state index in [2.05, 4.69) is 36.7 Å². The Labute approximate surface area is 96.9 Å². The summed E-state index contributed by atoms with van der Waals surface area (Å²) < 4.78 is 0. The van der Waals surface area contributed by atoms with E-state index >= 15 is 0 Å². The summed E-state index contributed by atoms with van der Waals surface area (Å²) in [6, 6.07) is 4.58. The summed E-state index contributed by atoms with van der Waals surface area (Å²) in [6.45, 7) is 6.25. The molecule has 0 amide bonds. The maximum atomic E-state index is 5.78. The van der Waals surface area contributed by atoms with Crippen molar-refractivity contribution in [3.63, 3.8) is 0 Å². The molecule has 1 aromatic rings. The molecular weight excluding hydrogens is 204 g/mol. The molecule has 0 aliphatic rings. The van der Waals surface area contributed by atoms with E-state index in [1.165, 1.54) is 17.7 Å². The van der Waals surface area contributed by atoms with Gasteiger partial charge in [0, 0.05) is 11.4 Å². The minimum Gasteiger partial charge on any atom is -0.329 e. The van der Waals surface area contributed by atoms with Gasteiger partial charge in [-0.3, -0.25) is 0 Å². The van der Waals surface area contributed by atoms with Crippen molar-refractivity contribution in [2.45, 2.75) is 32.7 Å². The van der Waals surface area contributed by atoms with Gasteiger partial charge in [-0.1, -0.05) is 32.8 Å². The molecule has 3 heteroatoms. The van der Waals surface area contributed by atoms with E-state index in [1.807, 2.05) is 0 Å². The Hall–Kier alpha value is -0.380. The number of hydrogen-bond acceptors (Lipinski definition) is 3. The predicted molar refractivity (Wildman–Crippen MR) is 68.2 cm³/mol. The fourth-order valence-electron chi connectivity index (χ4n) is 1.68. The number of nitrogens with two attached hydrogens (primary N) is 1. The van der Waals surface area contributed by atoms with E-state index in [4.69, 9.17) is 5.73 Å². The quantitative estimate of drug-likeness (QED) is 0.750. The minimum absolute atomic E-state index is 0.339. The van der Waals surface area contributed by atoms with Crippen LogP contribution in [0.3, 0.4) is 0 Å². The summed E-state index contributed by atoms with van der Waals surface area (Å²) in [5.41, 5.74) is 5.78. The monoisotopic (exact) mass is 226 g/mol. The summed E-state index contributed by atoms with van der Waals surface area (Å²) in [6.07, 6.45) is 2.48. The molecule has 1 aromatic heterocycles. The molecule has 0 aliphatic heterocycles. The molecule has 0 bridgehead atoms. The molecule has 0 spiro atoms. The summed E-state index contributed by atoms with van der Waals surface area (Å²) in [5, 5.41) is 5.67. The Bertz CT molecular complexity index is 242. The second-order valence-corrected chi connectivity index (χ2v) is 4.87. The van der Waals surface area contributed by atoms with Crippen LogP contribution in [0.25, 0.3) is 0 Å². The van der Waals surface area contributed by atoms with Gasteiger partial charge in [-0.15, -0.1) is 11.3 Å². The average Bonchev–Trinajstić information content (AvgIpc) is 2.78. The number of nitrogens with one attached hydrogen (secondary N) is 1. The van der Waals surface area contributed by atoms with Crippen LogP contribution < -0.4 is 11.1 Å². The van der Waals surface area contributed by atoms with Crippen molar-refractivity contribution in [1.82, 2.24) is 5.32 Å². The molecule has 15 heavy (non-hydrogen) atoms. The zero-order valence-corrected chi connectivity index (χ0v) is 10.5. The topological polar surface area (TPSA) is 38.0 Å². The Morgan fingerprint density at radius 3 is 2.60 bits per heavy atom. The van der Waals surface area contributed by atoms with Crippen LogP contribution in [0.2, 0.25) is 0 Å². The third-order valence-electron chi connectivity index (χ3n) is 2.93. The molecule has 2 nitrogen and oxygen atoms in total. The number of rotatable bonds is 7. The molecule has 0 saturated heterocycles. The van der Waals surface area contributed by atoms with Crippen LogP contribution in [0.5, 0.6) is 0 Å². The zero-order valence-electron chi connectivity index (χ0n) is 9.70. The average molecular weight is 226 g/mol. The highest BCUT2D eigenvalue weighted by Gasteiger charge is 2.11. The van der Waals surface area contributed by atoms with Gasteiger partial charge in [0.05, 0.1) is 6.04 Å². The molecule has 0 radical (unpaired) electrons. The molecule has 0 fully saturated rings. The maximum Gasteiger partial charge on any atom is 0.0539 e. The van der Waals surface area contributed by atoms with Gasteiger partial charge in [-0.25, -0.2) is 0 Å². The molecule has 0 saturated carbocycles. The van der Waals surface area contributed by atoms with E-state index in [9.17, 15) is 0 Å². The van der Waals surface area contributed by atoms with Gasteiger partial charge >= 0.3 is 0 Å². The van der Waals surface area contributed by atoms with Gasteiger partial charge in [0.2, 0.25) is 0 Å². The molecule has 0 aliphatic carbocycles. The normalized spacial score (nSPS) is 13.3. The summed E-state index contributed by atoms with van der Waals surface area (Å²) >= 11 is 1.78. The standard InChI is InChI=1S/C12H22N2S/c1-3-10(4-2)9-14-11(8-13)12-6-5-7-15-12/h5-7,10-11,14H,3-4,8-9,13H2,1-2H3. The third kappa shape index (κ3) is 3.93. The highest BCUT2D eigenvalue weighted by Crippen LogP contribution is 2.18. The Balaban J connectivity index is 2.41. The first-order chi connectivity index (χ1) is 7.31. The number of hydrogen-bond donors (Lipinski definition) is 2. The Morgan fingerprint density at radius 2 is 2.13 bits per heavy atom. The van der Waals surface area contributed by atoms with Gasteiger partial charge in [0.15, 0.2) is 0 Å². The molecule has 86 valence electrons. The van der Waals surface area contributed by atoms with Crippen LogP contribution in [0.1, 0.15) is 37.6 Å². The van der Waals surface area contributed by atoms with Gasteiger partial charge in [-0.05, 0) is 23.9 Å². The molecular formula is C12H22N2S. The van der Waals surface area contributed by atoms with Crippen LogP contribution in [0, 0.1) is 5.92 Å². The predicted octanol–water partition coefficient (Wildman–Crippen LogP) is 2.77. The second-order valence-electron chi connectivity index (χ2n) is 3.89. The van der Waals surface area contributed by atoms with Crippen molar-refractivity contribution in [3.05, 3.63) is 22.4 Å². The van der Waals surface area contributed by atoms with Crippen LogP contribution in [0.15, 0.2) is 17.5 Å². The van der Waals surface area contributed by atoms with Crippen molar-refractivity contribution in [2.75, 3.05) is 13.1 Å². The number of thiophene rings is 1. The summed E-state index contributed by atoms with van der Waals surface area (Å²) in [7, 11) is 0. The maximum absolute atomic E-state index is 5.78. The smallest absolute Gasteiger partial charge is 0.0539 e. The van der Waals surface area contributed by atoms with Crippen LogP contribution in [-0.2, 0) is 0 Å². The van der Waals surface area contributed by atoms with Gasteiger partial charge in [0.25, 0.3) is 0 Å². The van der Waals surface area contributed by atoms with Crippen LogP contribution in [-0.4, -0.2) is 13.1 Å². The fraction of sp³-hybridized carbons (Fsp3) is 0.667. The molecule has 3 N–H and O–H groups in total. The highest BCUT2D eigenvalue weighted by atomic mass is 32.1. The van der Waals surface area contributed by atoms with Crippen LogP contribution in [0.4, 0.5) is 0 Å². The van der Waals surface area contributed by atoms with Gasteiger partial charge in [0.1, 0.15) is 0 Å². The second kappa shape index (κ2) is 6.99. The first kappa shape index (κ1) is 12.7. The van der Waals surface area contributed by atoms with Crippen LogP contribution >= 0.6 is 11.3 Å². The first-order valence-electron chi connectivity index (χ1n) is 5.78. The lowest BCUT2D eigenvalue weighted by Crippen LogP contribution is -2.31. The lowest BCUT2D eigenvalue weighted by atomic mass is 10.0. The van der Waals surface area contributed by atoms with E-state index in [-0.39, 0.29) is 0 Å². The summed E-state index contributed by atoms with van der Waals surface area (Å²) in [5.74, 6) is 0.777. The lowest BCUT2D eigenvalue weighted by Gasteiger charge is -2.19. The molecule has 1 heterocycles. The van der Waals surface area contributed by atoms with Crippen molar-refractivity contribution >= 4 is 11.3 Å². The van der Waals surface area contributed by atoms with E-state index in [0.717, 1.165) is 12.5 Å². The largest absolute Gasteiger partial charge is 0.329 e. The van der Waals surface area contributed by atoms with E-state index in [1.54, 1.807) is 11.3 Å². The minimum atomic E-state index is 0.339. The molecule has 1 unspecified atom stereocenters. The SMILES string of the molecule is CCC(CC)CNC(CN)c1cccs1. The van der Waals surface area contributed by atoms with Crippen molar-refractivity contribution < 1.29 is 0 Å². The fourth-order valence-corrected chi connectivity index (χ4v) is 2.49. The Kier molecular flexibility index (Phi) is 5.91. The van der Waals surface area contributed by atoms with Crippen molar-refractivity contribution in [3.8, 4) is 0 Å². The molecule has 0 aromatic carbocycles.